The van der Waals surface area contributed by atoms with Gasteiger partial charge in [0.05, 0.1) is 5.75 Å². The van der Waals surface area contributed by atoms with Gasteiger partial charge in [-0.2, -0.15) is 0 Å². The summed E-state index contributed by atoms with van der Waals surface area (Å²) >= 11 is 1.44. The van der Waals surface area contributed by atoms with Gasteiger partial charge in [0.2, 0.25) is 5.91 Å². The number of benzene rings is 2. The lowest BCUT2D eigenvalue weighted by Gasteiger charge is -2.18. The van der Waals surface area contributed by atoms with Crippen molar-refractivity contribution >= 4 is 17.7 Å². The molecular formula is C21H24N4OS. The molecule has 0 saturated carbocycles. The van der Waals surface area contributed by atoms with E-state index in [4.69, 9.17) is 0 Å². The second-order valence-corrected chi connectivity index (χ2v) is 7.03. The number of hydrogen-bond donors (Lipinski definition) is 0. The van der Waals surface area contributed by atoms with E-state index in [2.05, 4.69) is 22.3 Å². The molecule has 27 heavy (non-hydrogen) atoms. The third-order valence-corrected chi connectivity index (χ3v) is 5.27. The van der Waals surface area contributed by atoms with Gasteiger partial charge in [0.1, 0.15) is 5.82 Å². The Morgan fingerprint density at radius 2 is 1.59 bits per heavy atom. The Morgan fingerprint density at radius 3 is 2.22 bits per heavy atom. The first kappa shape index (κ1) is 19.2. The molecule has 5 nitrogen and oxygen atoms in total. The Bertz CT molecular complexity index is 860. The molecule has 0 unspecified atom stereocenters. The second kappa shape index (κ2) is 9.37. The highest BCUT2D eigenvalue weighted by Crippen LogP contribution is 2.23. The van der Waals surface area contributed by atoms with Crippen LogP contribution in [0.4, 0.5) is 0 Å². The van der Waals surface area contributed by atoms with Crippen LogP contribution < -0.4 is 0 Å². The van der Waals surface area contributed by atoms with E-state index < -0.39 is 0 Å². The summed E-state index contributed by atoms with van der Waals surface area (Å²) in [7, 11) is 0. The van der Waals surface area contributed by atoms with Crippen LogP contribution in [0.3, 0.4) is 0 Å². The number of rotatable bonds is 8. The summed E-state index contributed by atoms with van der Waals surface area (Å²) in [6.45, 7) is 5.44. The van der Waals surface area contributed by atoms with E-state index in [9.17, 15) is 4.79 Å². The molecule has 0 fully saturated rings. The van der Waals surface area contributed by atoms with Crippen molar-refractivity contribution in [2.24, 2.45) is 0 Å². The number of aromatic nitrogens is 3. The van der Waals surface area contributed by atoms with Crippen molar-refractivity contribution in [3.05, 3.63) is 72.1 Å². The zero-order valence-corrected chi connectivity index (χ0v) is 16.5. The number of carbonyl (C=O) groups excluding carboxylic acids is 1. The first-order valence-electron chi connectivity index (χ1n) is 9.17. The number of nitrogens with zero attached hydrogens (tertiary/aromatic N) is 4. The maximum atomic E-state index is 12.4. The Hall–Kier alpha value is -2.60. The van der Waals surface area contributed by atoms with Crippen LogP contribution in [0.2, 0.25) is 0 Å². The molecule has 6 heteroatoms. The Labute approximate surface area is 164 Å². The summed E-state index contributed by atoms with van der Waals surface area (Å²) in [5.74, 6) is 1.35. The average molecular weight is 381 g/mol. The summed E-state index contributed by atoms with van der Waals surface area (Å²) in [6, 6.07) is 20.3. The Morgan fingerprint density at radius 1 is 0.963 bits per heavy atom. The van der Waals surface area contributed by atoms with Gasteiger partial charge in [0.25, 0.3) is 0 Å². The Balaban J connectivity index is 1.87. The zero-order valence-electron chi connectivity index (χ0n) is 15.7. The molecule has 1 aromatic heterocycles. The van der Waals surface area contributed by atoms with Crippen molar-refractivity contribution in [1.82, 2.24) is 19.7 Å². The van der Waals surface area contributed by atoms with Gasteiger partial charge in [-0.15, -0.1) is 10.2 Å². The maximum Gasteiger partial charge on any atom is 0.233 e. The van der Waals surface area contributed by atoms with Crippen LogP contribution in [0.1, 0.15) is 25.2 Å². The van der Waals surface area contributed by atoms with Crippen LogP contribution in [-0.4, -0.2) is 44.4 Å². The average Bonchev–Trinajstić information content (AvgIpc) is 3.11. The molecule has 0 saturated heterocycles. The van der Waals surface area contributed by atoms with Crippen molar-refractivity contribution in [2.75, 3.05) is 18.8 Å². The minimum Gasteiger partial charge on any atom is -0.343 e. The predicted molar refractivity (Wildman–Crippen MR) is 109 cm³/mol. The molecule has 1 amide bonds. The highest BCUT2D eigenvalue weighted by molar-refractivity contribution is 7.99. The summed E-state index contributed by atoms with van der Waals surface area (Å²) in [5.41, 5.74) is 2.18. The highest BCUT2D eigenvalue weighted by atomic mass is 32.2. The molecule has 0 radical (unpaired) electrons. The first-order valence-corrected chi connectivity index (χ1v) is 10.2. The number of thioether (sulfide) groups is 1. The van der Waals surface area contributed by atoms with Crippen LogP contribution in [0.15, 0.2) is 65.8 Å². The maximum absolute atomic E-state index is 12.4. The number of para-hydroxylation sites is 1. The minimum absolute atomic E-state index is 0.122. The topological polar surface area (TPSA) is 51.0 Å². The second-order valence-electron chi connectivity index (χ2n) is 6.09. The fraction of sp³-hybridized carbons (Fsp3) is 0.286. The molecule has 0 atom stereocenters. The third-order valence-electron chi connectivity index (χ3n) is 4.36. The number of amides is 1. The van der Waals surface area contributed by atoms with Crippen LogP contribution in [0.5, 0.6) is 0 Å². The van der Waals surface area contributed by atoms with Gasteiger partial charge in [-0.05, 0) is 31.5 Å². The lowest BCUT2D eigenvalue weighted by Crippen LogP contribution is -2.31. The highest BCUT2D eigenvalue weighted by Gasteiger charge is 2.17. The summed E-state index contributed by atoms with van der Waals surface area (Å²) in [6.07, 6.45) is 0.688. The third kappa shape index (κ3) is 4.77. The molecule has 0 N–H and O–H groups in total. The van der Waals surface area contributed by atoms with E-state index in [1.807, 2.05) is 71.8 Å². The quantitative estimate of drug-likeness (QED) is 0.558. The van der Waals surface area contributed by atoms with Crippen molar-refractivity contribution in [3.63, 3.8) is 0 Å². The molecule has 3 aromatic rings. The van der Waals surface area contributed by atoms with E-state index in [0.29, 0.717) is 12.2 Å². The molecule has 0 aliphatic heterocycles. The van der Waals surface area contributed by atoms with Gasteiger partial charge in [0.15, 0.2) is 5.16 Å². The lowest BCUT2D eigenvalue weighted by molar-refractivity contribution is -0.127. The summed E-state index contributed by atoms with van der Waals surface area (Å²) in [4.78, 5) is 14.2. The Kier molecular flexibility index (Phi) is 6.65. The van der Waals surface area contributed by atoms with E-state index >= 15 is 0 Å². The SMILES string of the molecule is CCN(CC)C(=O)CSc1nnc(Cc2ccccc2)n1-c1ccccc1. The van der Waals surface area contributed by atoms with E-state index in [1.54, 1.807) is 0 Å². The van der Waals surface area contributed by atoms with Gasteiger partial charge in [-0.3, -0.25) is 9.36 Å². The summed E-state index contributed by atoms with van der Waals surface area (Å²) in [5, 5.41) is 9.54. The smallest absolute Gasteiger partial charge is 0.233 e. The van der Waals surface area contributed by atoms with Gasteiger partial charge in [0, 0.05) is 25.2 Å². The number of hydrogen-bond acceptors (Lipinski definition) is 4. The molecule has 0 aliphatic carbocycles. The molecule has 0 bridgehead atoms. The molecule has 140 valence electrons. The molecule has 1 heterocycles. The van der Waals surface area contributed by atoms with E-state index in [1.165, 1.54) is 17.3 Å². The fourth-order valence-electron chi connectivity index (χ4n) is 2.92. The van der Waals surface area contributed by atoms with Crippen LogP contribution in [0.25, 0.3) is 5.69 Å². The van der Waals surface area contributed by atoms with Crippen molar-refractivity contribution < 1.29 is 4.79 Å². The van der Waals surface area contributed by atoms with Crippen molar-refractivity contribution in [1.29, 1.82) is 0 Å². The largest absolute Gasteiger partial charge is 0.343 e. The monoisotopic (exact) mass is 380 g/mol. The summed E-state index contributed by atoms with van der Waals surface area (Å²) < 4.78 is 2.05. The molecule has 0 spiro atoms. The minimum atomic E-state index is 0.122. The van der Waals surface area contributed by atoms with Gasteiger partial charge in [-0.1, -0.05) is 60.3 Å². The fourth-order valence-corrected chi connectivity index (χ4v) is 3.79. The van der Waals surface area contributed by atoms with Crippen molar-refractivity contribution in [3.8, 4) is 5.69 Å². The van der Waals surface area contributed by atoms with Gasteiger partial charge >= 0.3 is 0 Å². The molecule has 2 aromatic carbocycles. The van der Waals surface area contributed by atoms with Crippen LogP contribution in [-0.2, 0) is 11.2 Å². The number of carbonyl (C=O) groups is 1. The standard InChI is InChI=1S/C21H24N4OS/c1-3-24(4-2)20(26)16-27-21-23-22-19(15-17-11-7-5-8-12-17)25(21)18-13-9-6-10-14-18/h5-14H,3-4,15-16H2,1-2H3. The van der Waals surface area contributed by atoms with E-state index in [-0.39, 0.29) is 5.91 Å². The van der Waals surface area contributed by atoms with Gasteiger partial charge in [-0.25, -0.2) is 0 Å². The zero-order chi connectivity index (χ0) is 19.1. The van der Waals surface area contributed by atoms with Crippen molar-refractivity contribution in [2.45, 2.75) is 25.4 Å². The van der Waals surface area contributed by atoms with Crippen LogP contribution >= 0.6 is 11.8 Å². The first-order chi connectivity index (χ1) is 13.2. The van der Waals surface area contributed by atoms with Gasteiger partial charge < -0.3 is 4.90 Å². The van der Waals surface area contributed by atoms with E-state index in [0.717, 1.165) is 29.8 Å². The van der Waals surface area contributed by atoms with Crippen LogP contribution in [0, 0.1) is 0 Å². The molecular weight excluding hydrogens is 356 g/mol. The molecule has 3 rings (SSSR count). The normalized spacial score (nSPS) is 10.7. The molecule has 0 aliphatic rings. The lowest BCUT2D eigenvalue weighted by atomic mass is 10.1. The predicted octanol–water partition coefficient (Wildman–Crippen LogP) is 3.82.